The molecule has 0 radical (unpaired) electrons. The van der Waals surface area contributed by atoms with Gasteiger partial charge in [0.15, 0.2) is 8.32 Å². The van der Waals surface area contributed by atoms with Gasteiger partial charge in [0.05, 0.1) is 0 Å². The van der Waals surface area contributed by atoms with Gasteiger partial charge in [-0.2, -0.15) is 0 Å². The minimum absolute atomic E-state index is 0.869. The van der Waals surface area contributed by atoms with Crippen molar-refractivity contribution in [3.05, 3.63) is 0 Å². The summed E-state index contributed by atoms with van der Waals surface area (Å²) in [5, 5.41) is 0. The smallest absolute Gasteiger partial charge is 0.321 e. The van der Waals surface area contributed by atoms with E-state index >= 15 is 0 Å². The predicted octanol–water partition coefficient (Wildman–Crippen LogP) is 4.53. The quantitative estimate of drug-likeness (QED) is 0.449. The fourth-order valence-corrected chi connectivity index (χ4v) is 9.62. The van der Waals surface area contributed by atoms with Crippen molar-refractivity contribution in [2.75, 3.05) is 6.61 Å². The van der Waals surface area contributed by atoms with Crippen LogP contribution in [-0.4, -0.2) is 23.5 Å². The van der Waals surface area contributed by atoms with Gasteiger partial charge in [-0.15, -0.1) is 0 Å². The maximum Gasteiger partial charge on any atom is 0.321 e. The zero-order valence-corrected chi connectivity index (χ0v) is 14.1. The van der Waals surface area contributed by atoms with Crippen LogP contribution in [0, 0.1) is 0 Å². The molecular weight excluding hydrogens is 232 g/mol. The summed E-state index contributed by atoms with van der Waals surface area (Å²) >= 11 is 0. The molecule has 0 aromatic carbocycles. The summed E-state index contributed by atoms with van der Waals surface area (Å²) in [5.41, 5.74) is 0. The first-order valence-corrected chi connectivity index (χ1v) is 12.6. The Hall–Kier alpha value is 0.354. The molecule has 0 rings (SSSR count). The average molecular weight is 263 g/mol. The molecule has 0 saturated heterocycles. The molecule has 2 nitrogen and oxygen atoms in total. The molecule has 0 bridgehead atoms. The molecule has 0 aromatic heterocycles. The van der Waals surface area contributed by atoms with E-state index < -0.39 is 16.9 Å². The first kappa shape index (κ1) is 16.4. The third-order valence-electron chi connectivity index (χ3n) is 2.60. The van der Waals surface area contributed by atoms with E-state index in [2.05, 4.69) is 40.0 Å². The molecule has 0 amide bonds. The molecule has 16 heavy (non-hydrogen) atoms. The highest BCUT2D eigenvalue weighted by atomic mass is 28.4. The molecule has 0 aliphatic carbocycles. The lowest BCUT2D eigenvalue weighted by atomic mass is 10.4. The SMILES string of the molecule is CCCCO[Si](C)(C)O[Si](C)(C)CCCC. The van der Waals surface area contributed by atoms with Gasteiger partial charge in [0.25, 0.3) is 0 Å². The van der Waals surface area contributed by atoms with Crippen molar-refractivity contribution in [2.24, 2.45) is 0 Å². The molecule has 0 heterocycles. The van der Waals surface area contributed by atoms with Crippen LogP contribution < -0.4 is 0 Å². The number of unbranched alkanes of at least 4 members (excludes halogenated alkanes) is 2. The lowest BCUT2D eigenvalue weighted by molar-refractivity contribution is 0.240. The van der Waals surface area contributed by atoms with Crippen molar-refractivity contribution in [1.82, 2.24) is 0 Å². The predicted molar refractivity (Wildman–Crippen MR) is 76.6 cm³/mol. The van der Waals surface area contributed by atoms with E-state index in [0.29, 0.717) is 0 Å². The van der Waals surface area contributed by atoms with Gasteiger partial charge in [-0.1, -0.05) is 33.1 Å². The van der Waals surface area contributed by atoms with Crippen LogP contribution in [0.25, 0.3) is 0 Å². The maximum absolute atomic E-state index is 6.33. The summed E-state index contributed by atoms with van der Waals surface area (Å²) < 4.78 is 12.3. The molecule has 0 saturated carbocycles. The normalized spacial score (nSPS) is 13.1. The zero-order chi connectivity index (χ0) is 12.7. The van der Waals surface area contributed by atoms with Crippen LogP contribution in [0.5, 0.6) is 0 Å². The average Bonchev–Trinajstić information content (AvgIpc) is 2.13. The second-order valence-electron chi connectivity index (χ2n) is 5.57. The van der Waals surface area contributed by atoms with E-state index in [1.165, 1.54) is 25.3 Å². The van der Waals surface area contributed by atoms with Gasteiger partial charge in [0.1, 0.15) is 0 Å². The van der Waals surface area contributed by atoms with Crippen molar-refractivity contribution in [3.63, 3.8) is 0 Å². The summed E-state index contributed by atoms with van der Waals surface area (Å²) in [7, 11) is -3.35. The molecule has 0 atom stereocenters. The van der Waals surface area contributed by atoms with Crippen LogP contribution in [0.1, 0.15) is 39.5 Å². The largest absolute Gasteiger partial charge is 0.436 e. The Kier molecular flexibility index (Phi) is 7.80. The van der Waals surface area contributed by atoms with Crippen LogP contribution in [0.2, 0.25) is 32.2 Å². The number of hydrogen-bond acceptors (Lipinski definition) is 2. The second-order valence-corrected chi connectivity index (χ2v) is 13.5. The Labute approximate surface area is 104 Å². The summed E-state index contributed by atoms with van der Waals surface area (Å²) in [6.45, 7) is 14.3. The monoisotopic (exact) mass is 262 g/mol. The Morgan fingerprint density at radius 3 is 1.94 bits per heavy atom. The van der Waals surface area contributed by atoms with Gasteiger partial charge >= 0.3 is 8.56 Å². The minimum atomic E-state index is -1.86. The van der Waals surface area contributed by atoms with Gasteiger partial charge in [-0.05, 0) is 38.7 Å². The third kappa shape index (κ3) is 8.50. The van der Waals surface area contributed by atoms with Crippen molar-refractivity contribution in [3.8, 4) is 0 Å². The molecule has 4 heteroatoms. The first-order valence-electron chi connectivity index (χ1n) is 6.67. The second kappa shape index (κ2) is 7.64. The van der Waals surface area contributed by atoms with Crippen molar-refractivity contribution in [1.29, 1.82) is 0 Å². The highest BCUT2D eigenvalue weighted by Gasteiger charge is 2.33. The van der Waals surface area contributed by atoms with E-state index in [1.807, 2.05) is 0 Å². The van der Waals surface area contributed by atoms with Crippen LogP contribution in [0.3, 0.4) is 0 Å². The Morgan fingerprint density at radius 1 is 0.875 bits per heavy atom. The maximum atomic E-state index is 6.33. The standard InChI is InChI=1S/C12H30O2Si2/c1-7-9-11-13-16(5,6)14-15(3,4)12-10-8-2/h7-12H2,1-6H3. The molecule has 0 aliphatic rings. The van der Waals surface area contributed by atoms with E-state index in [9.17, 15) is 0 Å². The van der Waals surface area contributed by atoms with Crippen LogP contribution in [-0.2, 0) is 8.54 Å². The molecule has 0 unspecified atom stereocenters. The van der Waals surface area contributed by atoms with E-state index in [0.717, 1.165) is 13.0 Å². The molecule has 0 N–H and O–H groups in total. The highest BCUT2D eigenvalue weighted by Crippen LogP contribution is 2.21. The lowest BCUT2D eigenvalue weighted by Crippen LogP contribution is -2.46. The van der Waals surface area contributed by atoms with E-state index in [-0.39, 0.29) is 0 Å². The van der Waals surface area contributed by atoms with Crippen molar-refractivity contribution >= 4 is 16.9 Å². The first-order chi connectivity index (χ1) is 7.33. The van der Waals surface area contributed by atoms with E-state index in [4.69, 9.17) is 8.54 Å². The highest BCUT2D eigenvalue weighted by molar-refractivity contribution is 6.82. The van der Waals surface area contributed by atoms with Gasteiger partial charge in [-0.3, -0.25) is 0 Å². The Bertz CT molecular complexity index is 182. The molecule has 0 spiro atoms. The van der Waals surface area contributed by atoms with Gasteiger partial charge < -0.3 is 8.54 Å². The Balaban J connectivity index is 4.01. The summed E-state index contributed by atoms with van der Waals surface area (Å²) in [6, 6.07) is 1.26. The fourth-order valence-electron chi connectivity index (χ4n) is 1.81. The van der Waals surface area contributed by atoms with Crippen molar-refractivity contribution < 1.29 is 8.54 Å². The topological polar surface area (TPSA) is 18.5 Å². The molecule has 0 aromatic rings. The summed E-state index contributed by atoms with van der Waals surface area (Å²) in [6.07, 6.45) is 4.90. The lowest BCUT2D eigenvalue weighted by Gasteiger charge is -2.33. The molecule has 0 fully saturated rings. The zero-order valence-electron chi connectivity index (χ0n) is 12.1. The molecule has 0 aliphatic heterocycles. The van der Waals surface area contributed by atoms with E-state index in [1.54, 1.807) is 0 Å². The number of rotatable bonds is 9. The summed E-state index contributed by atoms with van der Waals surface area (Å²) in [5.74, 6) is 0. The Morgan fingerprint density at radius 2 is 1.44 bits per heavy atom. The van der Waals surface area contributed by atoms with Crippen molar-refractivity contribution in [2.45, 2.75) is 71.8 Å². The van der Waals surface area contributed by atoms with Gasteiger partial charge in [0, 0.05) is 6.61 Å². The molecule has 98 valence electrons. The van der Waals surface area contributed by atoms with Crippen LogP contribution in [0.4, 0.5) is 0 Å². The molecular formula is C12H30O2Si2. The number of hydrogen-bond donors (Lipinski definition) is 0. The van der Waals surface area contributed by atoms with Gasteiger partial charge in [-0.25, -0.2) is 0 Å². The van der Waals surface area contributed by atoms with Gasteiger partial charge in [0.2, 0.25) is 0 Å². The van der Waals surface area contributed by atoms with Crippen LogP contribution in [0.15, 0.2) is 0 Å². The fraction of sp³-hybridized carbons (Fsp3) is 1.00. The third-order valence-corrected chi connectivity index (χ3v) is 9.24. The minimum Gasteiger partial charge on any atom is -0.436 e. The van der Waals surface area contributed by atoms with Crippen LogP contribution >= 0.6 is 0 Å². The summed E-state index contributed by atoms with van der Waals surface area (Å²) in [4.78, 5) is 0.